The third-order valence-electron chi connectivity index (χ3n) is 5.46. The number of rotatable bonds is 3. The number of benzene rings is 4. The Kier molecular flexibility index (Phi) is 2.88. The lowest BCUT2D eigenvalue weighted by Crippen LogP contribution is -2.28. The molecule has 0 radical (unpaired) electrons. The van der Waals surface area contributed by atoms with Crippen molar-refractivity contribution in [2.75, 3.05) is 0 Å². The Morgan fingerprint density at radius 3 is 2.25 bits per heavy atom. The number of hydrogen-bond donors (Lipinski definition) is 0. The fourth-order valence-electron chi connectivity index (χ4n) is 4.28. The quantitative estimate of drug-likeness (QED) is 0.305. The van der Waals surface area contributed by atoms with Crippen LogP contribution in [0.3, 0.4) is 0 Å². The van der Waals surface area contributed by atoms with Crippen molar-refractivity contribution in [3.05, 3.63) is 136 Å². The largest absolute Gasteiger partial charge is 0.0985 e. The molecule has 1 unspecified atom stereocenters. The standard InChI is InChI=1S/C27H19Cl/c1-2-19-12-14-21(15-13-19)27(20-8-4-3-5-9-20)25-11-7-6-10-23(25)24-17-16-22(28)18-26(24)27/h2-18H,1H2/i3D,4D,5D,8D,9D. The molecule has 1 heteroatoms. The van der Waals surface area contributed by atoms with Crippen molar-refractivity contribution in [1.29, 1.82) is 0 Å². The first-order valence-corrected chi connectivity index (χ1v) is 9.40. The molecule has 4 aromatic carbocycles. The first-order valence-electron chi connectivity index (χ1n) is 11.5. The van der Waals surface area contributed by atoms with Gasteiger partial charge in [0.1, 0.15) is 0 Å². The van der Waals surface area contributed by atoms with Gasteiger partial charge in [0.2, 0.25) is 0 Å². The van der Waals surface area contributed by atoms with E-state index in [1.54, 1.807) is 6.08 Å². The van der Waals surface area contributed by atoms with Crippen molar-refractivity contribution >= 4 is 17.7 Å². The first-order chi connectivity index (χ1) is 15.8. The maximum absolute atomic E-state index is 8.87. The Hall–Kier alpha value is -3.09. The van der Waals surface area contributed by atoms with E-state index in [9.17, 15) is 0 Å². The molecule has 0 bridgehead atoms. The zero-order valence-corrected chi connectivity index (χ0v) is 15.8. The van der Waals surface area contributed by atoms with Crippen molar-refractivity contribution in [1.82, 2.24) is 0 Å². The molecule has 0 spiro atoms. The predicted octanol–water partition coefficient (Wildman–Crippen LogP) is 7.35. The Balaban J connectivity index is 2.04. The topological polar surface area (TPSA) is 0 Å². The van der Waals surface area contributed by atoms with Gasteiger partial charge < -0.3 is 0 Å². The molecule has 0 nitrogen and oxygen atoms in total. The Morgan fingerprint density at radius 1 is 0.786 bits per heavy atom. The first kappa shape index (κ1) is 12.4. The Morgan fingerprint density at radius 2 is 1.50 bits per heavy atom. The summed E-state index contributed by atoms with van der Waals surface area (Å²) in [5, 5.41) is 0.515. The highest BCUT2D eigenvalue weighted by atomic mass is 35.5. The second kappa shape index (κ2) is 6.51. The Bertz CT molecular complexity index is 1410. The summed E-state index contributed by atoms with van der Waals surface area (Å²) in [5.74, 6) is 0. The van der Waals surface area contributed by atoms with Crippen LogP contribution >= 0.6 is 11.6 Å². The van der Waals surface area contributed by atoms with E-state index in [1.807, 2.05) is 66.7 Å². The van der Waals surface area contributed by atoms with Gasteiger partial charge in [-0.1, -0.05) is 109 Å². The van der Waals surface area contributed by atoms with Gasteiger partial charge in [-0.2, -0.15) is 0 Å². The molecule has 1 atom stereocenters. The van der Waals surface area contributed by atoms with Gasteiger partial charge in [-0.15, -0.1) is 0 Å². The fraction of sp³-hybridized carbons (Fsp3) is 0.0370. The minimum Gasteiger partial charge on any atom is -0.0985 e. The summed E-state index contributed by atoms with van der Waals surface area (Å²) in [6.45, 7) is 3.83. The van der Waals surface area contributed by atoms with Crippen molar-refractivity contribution in [3.8, 4) is 11.1 Å². The van der Waals surface area contributed by atoms with Crippen LogP contribution in [0.4, 0.5) is 0 Å². The molecular formula is C27H19Cl. The van der Waals surface area contributed by atoms with E-state index in [0.717, 1.165) is 33.4 Å². The normalized spacial score (nSPS) is 19.5. The average Bonchev–Trinajstić information content (AvgIpc) is 3.12. The molecule has 0 amide bonds. The van der Waals surface area contributed by atoms with Crippen molar-refractivity contribution in [2.24, 2.45) is 0 Å². The summed E-state index contributed by atoms with van der Waals surface area (Å²) in [6.07, 6.45) is 1.74. The molecule has 28 heavy (non-hydrogen) atoms. The molecule has 0 N–H and O–H groups in total. The zero-order chi connectivity index (χ0) is 23.5. The molecule has 4 aromatic rings. The van der Waals surface area contributed by atoms with Crippen LogP contribution in [-0.4, -0.2) is 0 Å². The lowest BCUT2D eigenvalue weighted by molar-refractivity contribution is 0.768. The van der Waals surface area contributed by atoms with Crippen LogP contribution in [0.25, 0.3) is 17.2 Å². The van der Waals surface area contributed by atoms with Gasteiger partial charge in [-0.3, -0.25) is 0 Å². The van der Waals surface area contributed by atoms with Crippen molar-refractivity contribution < 1.29 is 6.85 Å². The van der Waals surface area contributed by atoms with E-state index in [4.69, 9.17) is 18.5 Å². The van der Waals surface area contributed by atoms with Crippen molar-refractivity contribution in [2.45, 2.75) is 5.41 Å². The van der Waals surface area contributed by atoms with Crippen LogP contribution in [0.15, 0.2) is 104 Å². The summed E-state index contributed by atoms with van der Waals surface area (Å²) >= 11 is 6.47. The predicted molar refractivity (Wildman–Crippen MR) is 119 cm³/mol. The van der Waals surface area contributed by atoms with Gasteiger partial charge in [0.05, 0.1) is 12.3 Å². The number of hydrogen-bond acceptors (Lipinski definition) is 0. The van der Waals surface area contributed by atoms with Crippen LogP contribution in [0.5, 0.6) is 0 Å². The minimum atomic E-state index is -1.13. The maximum atomic E-state index is 8.87. The monoisotopic (exact) mass is 383 g/mol. The van der Waals surface area contributed by atoms with E-state index in [2.05, 4.69) is 6.58 Å². The summed E-state index contributed by atoms with van der Waals surface area (Å²) in [5.41, 5.74) is 4.32. The molecule has 1 aliphatic rings. The molecule has 5 rings (SSSR count). The molecule has 0 saturated carbocycles. The van der Waals surface area contributed by atoms with Gasteiger partial charge in [0.15, 0.2) is 0 Å². The van der Waals surface area contributed by atoms with E-state index in [-0.39, 0.29) is 29.7 Å². The van der Waals surface area contributed by atoms with Gasteiger partial charge in [-0.25, -0.2) is 0 Å². The zero-order valence-electron chi connectivity index (χ0n) is 20.0. The van der Waals surface area contributed by atoms with E-state index >= 15 is 0 Å². The molecule has 0 fully saturated rings. The summed E-state index contributed by atoms with van der Waals surface area (Å²) < 4.78 is 42.6. The molecule has 0 saturated heterocycles. The van der Waals surface area contributed by atoms with E-state index in [0.29, 0.717) is 5.02 Å². The fourth-order valence-corrected chi connectivity index (χ4v) is 4.46. The lowest BCUT2D eigenvalue weighted by Gasteiger charge is -2.34. The summed E-state index contributed by atoms with van der Waals surface area (Å²) in [6, 6.07) is 19.5. The molecule has 0 aliphatic heterocycles. The van der Waals surface area contributed by atoms with Crippen LogP contribution in [0.2, 0.25) is 5.02 Å². The van der Waals surface area contributed by atoms with Crippen LogP contribution < -0.4 is 0 Å². The average molecular weight is 384 g/mol. The SMILES string of the molecule is [2H]c1c([2H])c([2H])c(C2(c3ccc(C=C)cc3)c3ccccc3-c3ccc(Cl)cc32)c([2H])c1[2H]. The third kappa shape index (κ3) is 2.32. The number of fused-ring (bicyclic) bond motifs is 3. The van der Waals surface area contributed by atoms with Crippen LogP contribution in [-0.2, 0) is 5.41 Å². The van der Waals surface area contributed by atoms with E-state index < -0.39 is 11.5 Å². The molecule has 1 aliphatic carbocycles. The highest BCUT2D eigenvalue weighted by Crippen LogP contribution is 2.56. The molecular weight excluding hydrogens is 360 g/mol. The Labute approximate surface area is 177 Å². The van der Waals surface area contributed by atoms with Crippen LogP contribution in [0, 0.1) is 0 Å². The summed E-state index contributed by atoms with van der Waals surface area (Å²) in [7, 11) is 0. The highest BCUT2D eigenvalue weighted by Gasteiger charge is 2.45. The van der Waals surface area contributed by atoms with Crippen molar-refractivity contribution in [3.63, 3.8) is 0 Å². The second-order valence-electron chi connectivity index (χ2n) is 6.81. The van der Waals surface area contributed by atoms with Crippen LogP contribution in [0.1, 0.15) is 34.7 Å². The highest BCUT2D eigenvalue weighted by molar-refractivity contribution is 6.30. The van der Waals surface area contributed by atoms with Gasteiger partial charge in [0, 0.05) is 5.02 Å². The third-order valence-corrected chi connectivity index (χ3v) is 5.70. The molecule has 134 valence electrons. The smallest absolute Gasteiger partial charge is 0.0714 e. The number of halogens is 1. The molecule has 0 aromatic heterocycles. The van der Waals surface area contributed by atoms with Gasteiger partial charge >= 0.3 is 0 Å². The second-order valence-corrected chi connectivity index (χ2v) is 7.25. The lowest BCUT2D eigenvalue weighted by atomic mass is 9.67. The summed E-state index contributed by atoms with van der Waals surface area (Å²) in [4.78, 5) is 0. The minimum absolute atomic E-state index is 0.216. The van der Waals surface area contributed by atoms with Gasteiger partial charge in [-0.05, 0) is 51.1 Å². The van der Waals surface area contributed by atoms with Gasteiger partial charge in [0.25, 0.3) is 0 Å². The maximum Gasteiger partial charge on any atom is 0.0714 e. The van der Waals surface area contributed by atoms with E-state index in [1.165, 1.54) is 0 Å². The molecule has 0 heterocycles.